The van der Waals surface area contributed by atoms with Crippen molar-refractivity contribution in [1.29, 1.82) is 0 Å². The maximum absolute atomic E-state index is 13.0. The Labute approximate surface area is 181 Å². The Hall–Kier alpha value is -3.80. The van der Waals surface area contributed by atoms with Gasteiger partial charge in [-0.1, -0.05) is 72.7 Å². The van der Waals surface area contributed by atoms with E-state index in [9.17, 15) is 4.79 Å². The van der Waals surface area contributed by atoms with Crippen molar-refractivity contribution in [1.82, 2.24) is 0 Å². The molecule has 3 aromatic carbocycles. The third-order valence-corrected chi connectivity index (χ3v) is 5.74. The molecule has 3 aromatic rings. The average molecular weight is 411 g/mol. The highest BCUT2D eigenvalue weighted by Gasteiger charge is 2.59. The minimum absolute atomic E-state index is 0.294. The first-order valence-electron chi connectivity index (χ1n) is 10.3. The lowest BCUT2D eigenvalue weighted by atomic mass is 9.69. The fourth-order valence-corrected chi connectivity index (χ4v) is 4.15. The highest BCUT2D eigenvalue weighted by atomic mass is 16.7. The molecule has 1 saturated heterocycles. The van der Waals surface area contributed by atoms with E-state index in [1.807, 2.05) is 102 Å². The van der Waals surface area contributed by atoms with Crippen molar-refractivity contribution in [2.45, 2.75) is 12.5 Å². The fraction of sp³-hybridized carbons (Fsp3) is 0.120. The molecule has 2 atom stereocenters. The molecule has 154 valence electrons. The third kappa shape index (κ3) is 3.61. The Bertz CT molecular complexity index is 1180. The Morgan fingerprint density at radius 1 is 1.00 bits per heavy atom. The minimum Gasteiger partial charge on any atom is -0.619 e. The number of fused-ring (bicyclic) bond motifs is 2. The van der Waals surface area contributed by atoms with Crippen LogP contribution in [0.5, 0.6) is 11.5 Å². The number of hydrogen-bond donors (Lipinski definition) is 0. The van der Waals surface area contributed by atoms with E-state index in [2.05, 4.69) is 0 Å². The highest BCUT2D eigenvalue weighted by molar-refractivity contribution is 6.70. The van der Waals surface area contributed by atoms with Crippen LogP contribution in [0, 0.1) is 0 Å². The molecule has 0 radical (unpaired) electrons. The predicted molar refractivity (Wildman–Crippen MR) is 120 cm³/mol. The number of hydrogen-bond acceptors (Lipinski definition) is 4. The van der Waals surface area contributed by atoms with Gasteiger partial charge in [-0.05, 0) is 23.3 Å². The second-order valence-electron chi connectivity index (χ2n) is 7.74. The van der Waals surface area contributed by atoms with E-state index in [1.54, 1.807) is 7.11 Å². The molecule has 0 N–H and O–H groups in total. The van der Waals surface area contributed by atoms with Crippen LogP contribution in [0.15, 0.2) is 84.8 Å². The largest absolute Gasteiger partial charge is 0.675 e. The number of ether oxygens (including phenoxy) is 1. The number of carbonyl (C=O) groups excluding carboxylic acids is 1. The summed E-state index contributed by atoms with van der Waals surface area (Å²) < 4.78 is 19.6. The Kier molecular flexibility index (Phi) is 4.83. The van der Waals surface area contributed by atoms with Gasteiger partial charge in [-0.3, -0.25) is 0 Å². The van der Waals surface area contributed by atoms with Gasteiger partial charge in [-0.2, -0.15) is 0 Å². The van der Waals surface area contributed by atoms with Crippen LogP contribution in [-0.2, 0) is 15.9 Å². The van der Waals surface area contributed by atoms with Crippen molar-refractivity contribution >= 4 is 24.9 Å². The summed E-state index contributed by atoms with van der Waals surface area (Å²) in [7, 11) is 1.61. The van der Waals surface area contributed by atoms with Gasteiger partial charge in [0, 0.05) is 12.5 Å². The van der Waals surface area contributed by atoms with Gasteiger partial charge in [0.05, 0.1) is 18.4 Å². The first-order chi connectivity index (χ1) is 15.2. The van der Waals surface area contributed by atoms with Gasteiger partial charge >= 0.3 is 12.7 Å². The van der Waals surface area contributed by atoms with Crippen LogP contribution >= 0.6 is 0 Å². The zero-order valence-electron chi connectivity index (χ0n) is 17.2. The van der Waals surface area contributed by atoms with Crippen LogP contribution in [0.25, 0.3) is 6.08 Å². The van der Waals surface area contributed by atoms with Gasteiger partial charge in [0.25, 0.3) is 0 Å². The molecule has 0 bridgehead atoms. The van der Waals surface area contributed by atoms with Crippen molar-refractivity contribution in [3.8, 4) is 11.5 Å². The lowest BCUT2D eigenvalue weighted by Gasteiger charge is -2.33. The second kappa shape index (κ2) is 7.80. The molecular formula is C25H22BNO4. The lowest BCUT2D eigenvalue weighted by Crippen LogP contribution is -2.54. The molecule has 5 rings (SSSR count). The SMILES string of the molecule is COc1ccc2c(c1)O[B-]1(/C=C/c3ccccc3)OC(=O)[C@H](Cc3ccccc3)[N+]1=C2. The molecule has 31 heavy (non-hydrogen) atoms. The summed E-state index contributed by atoms with van der Waals surface area (Å²) in [5.74, 6) is 2.87. The van der Waals surface area contributed by atoms with Gasteiger partial charge in [0.15, 0.2) is 0 Å². The van der Waals surface area contributed by atoms with E-state index in [0.29, 0.717) is 17.9 Å². The quantitative estimate of drug-likeness (QED) is 0.598. The summed E-state index contributed by atoms with van der Waals surface area (Å²) in [6.45, 7) is -2.19. The molecule has 2 aliphatic rings. The highest BCUT2D eigenvalue weighted by Crippen LogP contribution is 2.35. The first kappa shape index (κ1) is 19.2. The monoisotopic (exact) mass is 411 g/mol. The van der Waals surface area contributed by atoms with E-state index < -0.39 is 12.7 Å². The van der Waals surface area contributed by atoms with Crippen LogP contribution in [0.4, 0.5) is 0 Å². The number of rotatable bonds is 5. The summed E-state index contributed by atoms with van der Waals surface area (Å²) in [4.78, 5) is 13.0. The fourth-order valence-electron chi connectivity index (χ4n) is 4.15. The van der Waals surface area contributed by atoms with Crippen LogP contribution in [-0.4, -0.2) is 36.5 Å². The Balaban J connectivity index is 1.58. The van der Waals surface area contributed by atoms with Gasteiger partial charge < -0.3 is 18.5 Å². The normalized spacial score (nSPS) is 21.6. The van der Waals surface area contributed by atoms with E-state index in [-0.39, 0.29) is 5.97 Å². The molecule has 0 saturated carbocycles. The standard InChI is InChI=1S/C25H22BNO4/c1-29-22-13-12-21-18-27-23(16-20-10-6-3-7-11-20)25(28)31-26(27,30-24(21)17-22)15-14-19-8-4-2-5-9-19/h2-15,17-18,23H,16H2,1H3/b15-14+/t23-,26?/m0/s1. The van der Waals surface area contributed by atoms with Gasteiger partial charge in [-0.15, -0.1) is 0 Å². The van der Waals surface area contributed by atoms with Crippen molar-refractivity contribution in [2.75, 3.05) is 7.11 Å². The molecule has 0 aromatic heterocycles. The molecule has 2 heterocycles. The van der Waals surface area contributed by atoms with Crippen LogP contribution in [0.1, 0.15) is 16.7 Å². The number of benzene rings is 3. The molecule has 0 amide bonds. The topological polar surface area (TPSA) is 47.8 Å². The number of nitrogens with zero attached hydrogens (tertiary/aromatic N) is 1. The van der Waals surface area contributed by atoms with E-state index in [4.69, 9.17) is 14.0 Å². The maximum atomic E-state index is 13.0. The van der Waals surface area contributed by atoms with Crippen molar-refractivity contribution in [2.24, 2.45) is 0 Å². The predicted octanol–water partition coefficient (Wildman–Crippen LogP) is 3.88. The van der Waals surface area contributed by atoms with Gasteiger partial charge in [0.2, 0.25) is 6.04 Å². The van der Waals surface area contributed by atoms with Crippen LogP contribution in [0.2, 0.25) is 0 Å². The Morgan fingerprint density at radius 3 is 2.48 bits per heavy atom. The smallest absolute Gasteiger partial charge is 0.619 e. The second-order valence-corrected chi connectivity index (χ2v) is 7.74. The summed E-state index contributed by atoms with van der Waals surface area (Å²) >= 11 is 0. The third-order valence-electron chi connectivity index (χ3n) is 5.74. The minimum atomic E-state index is -2.19. The van der Waals surface area contributed by atoms with Gasteiger partial charge in [0.1, 0.15) is 12.0 Å². The lowest BCUT2D eigenvalue weighted by molar-refractivity contribution is -0.432. The molecule has 0 aliphatic carbocycles. The molecule has 5 nitrogen and oxygen atoms in total. The van der Waals surface area contributed by atoms with Crippen LogP contribution in [0.3, 0.4) is 0 Å². The van der Waals surface area contributed by atoms with Crippen molar-refractivity contribution < 1.29 is 23.3 Å². The first-order valence-corrected chi connectivity index (χ1v) is 10.3. The van der Waals surface area contributed by atoms with Crippen molar-refractivity contribution in [3.63, 3.8) is 0 Å². The molecule has 1 fully saturated rings. The zero-order valence-corrected chi connectivity index (χ0v) is 17.2. The Morgan fingerprint density at radius 2 is 1.74 bits per heavy atom. The molecule has 6 heteroatoms. The molecule has 1 unspecified atom stereocenters. The zero-order chi connectivity index (χ0) is 21.3. The molecule has 0 spiro atoms. The number of carbonyl (C=O) groups is 1. The van der Waals surface area contributed by atoms with E-state index in [0.717, 1.165) is 16.7 Å². The van der Waals surface area contributed by atoms with Gasteiger partial charge in [-0.25, -0.2) is 4.79 Å². The molecular weight excluding hydrogens is 389 g/mol. The summed E-state index contributed by atoms with van der Waals surface area (Å²) in [5.41, 5.74) is 2.95. The summed E-state index contributed by atoms with van der Waals surface area (Å²) in [6, 6.07) is 25.0. The van der Waals surface area contributed by atoms with Crippen LogP contribution < -0.4 is 9.39 Å². The van der Waals surface area contributed by atoms with E-state index >= 15 is 0 Å². The number of methoxy groups -OCH3 is 1. The summed E-state index contributed by atoms with van der Waals surface area (Å²) in [5, 5.41) is 0. The average Bonchev–Trinajstić information content (AvgIpc) is 3.07. The van der Waals surface area contributed by atoms with E-state index in [1.165, 1.54) is 0 Å². The van der Waals surface area contributed by atoms with Crippen molar-refractivity contribution in [3.05, 3.63) is 102 Å². The molecule has 2 aliphatic heterocycles. The maximum Gasteiger partial charge on any atom is 0.675 e. The summed E-state index contributed by atoms with van der Waals surface area (Å²) in [6.07, 6.45) is 4.43.